The summed E-state index contributed by atoms with van der Waals surface area (Å²) in [6, 6.07) is 27.7. The predicted octanol–water partition coefficient (Wildman–Crippen LogP) is 7.56. The van der Waals surface area contributed by atoms with E-state index in [1.807, 2.05) is 72.2 Å². The lowest BCUT2D eigenvalue weighted by molar-refractivity contribution is 0.247. The lowest BCUT2D eigenvalue weighted by Gasteiger charge is -2.21. The SMILES string of the molecule is Cc1ccc(-n2c(SCc3cccc(C)c3)nnc2C(Cc2ccccc2)NC(=O)Nc2ccc(F)cc2F)cc1. The van der Waals surface area contributed by atoms with Crippen LogP contribution in [-0.4, -0.2) is 20.8 Å². The van der Waals surface area contributed by atoms with Crippen molar-refractivity contribution in [3.05, 3.63) is 137 Å². The Hall–Kier alpha value is -4.50. The number of nitrogens with zero attached hydrogens (tertiary/aromatic N) is 3. The number of nitrogens with one attached hydrogen (secondary N) is 2. The number of benzene rings is 4. The minimum Gasteiger partial charge on any atom is -0.327 e. The van der Waals surface area contributed by atoms with Crippen molar-refractivity contribution in [3.63, 3.8) is 0 Å². The van der Waals surface area contributed by atoms with Gasteiger partial charge >= 0.3 is 6.03 Å². The maximum Gasteiger partial charge on any atom is 0.319 e. The second-order valence-corrected chi connectivity index (χ2v) is 10.7. The minimum atomic E-state index is -0.864. The molecule has 0 aliphatic rings. The van der Waals surface area contributed by atoms with E-state index in [1.54, 1.807) is 11.8 Å². The average molecular weight is 570 g/mol. The topological polar surface area (TPSA) is 71.8 Å². The fourth-order valence-corrected chi connectivity index (χ4v) is 5.35. The molecule has 41 heavy (non-hydrogen) atoms. The van der Waals surface area contributed by atoms with E-state index >= 15 is 0 Å². The van der Waals surface area contributed by atoms with Crippen LogP contribution in [0.3, 0.4) is 0 Å². The molecule has 4 aromatic carbocycles. The quantitative estimate of drug-likeness (QED) is 0.180. The number of aryl methyl sites for hydroxylation is 2. The molecular weight excluding hydrogens is 540 g/mol. The third-order valence-corrected chi connectivity index (χ3v) is 7.48. The van der Waals surface area contributed by atoms with Gasteiger partial charge in [-0.2, -0.15) is 0 Å². The van der Waals surface area contributed by atoms with Gasteiger partial charge in [0, 0.05) is 23.9 Å². The number of anilines is 1. The van der Waals surface area contributed by atoms with Gasteiger partial charge in [0.05, 0.1) is 11.7 Å². The Labute approximate surface area is 241 Å². The van der Waals surface area contributed by atoms with Crippen LogP contribution in [0.4, 0.5) is 19.3 Å². The molecule has 0 radical (unpaired) electrons. The van der Waals surface area contributed by atoms with E-state index in [-0.39, 0.29) is 5.69 Å². The Morgan fingerprint density at radius 1 is 0.854 bits per heavy atom. The molecule has 0 spiro atoms. The molecule has 208 valence electrons. The Kier molecular flexibility index (Phi) is 8.74. The van der Waals surface area contributed by atoms with Crippen molar-refractivity contribution in [3.8, 4) is 5.69 Å². The van der Waals surface area contributed by atoms with Crippen molar-refractivity contribution < 1.29 is 13.6 Å². The number of carbonyl (C=O) groups excluding carboxylic acids is 1. The van der Waals surface area contributed by atoms with Crippen LogP contribution in [0.5, 0.6) is 0 Å². The van der Waals surface area contributed by atoms with Gasteiger partial charge in [-0.05, 0) is 49.2 Å². The smallest absolute Gasteiger partial charge is 0.319 e. The standard InChI is InChI=1S/C32H29F2N5OS/c1-21-11-14-26(15-12-21)39-30(37-38-32(39)41-20-24-10-6-7-22(2)17-24)29(18-23-8-4-3-5-9-23)36-31(40)35-28-16-13-25(33)19-27(28)34/h3-17,19,29H,18,20H2,1-2H3,(H2,35,36,40). The first-order valence-electron chi connectivity index (χ1n) is 13.1. The van der Waals surface area contributed by atoms with Crippen LogP contribution in [0.25, 0.3) is 5.69 Å². The molecule has 0 fully saturated rings. The molecule has 0 saturated heterocycles. The Balaban J connectivity index is 1.50. The fraction of sp³-hybridized carbons (Fsp3) is 0.156. The zero-order valence-electron chi connectivity index (χ0n) is 22.6. The monoisotopic (exact) mass is 569 g/mol. The van der Waals surface area contributed by atoms with Gasteiger partial charge in [-0.3, -0.25) is 4.57 Å². The molecule has 0 aliphatic carbocycles. The van der Waals surface area contributed by atoms with E-state index in [9.17, 15) is 13.6 Å². The van der Waals surface area contributed by atoms with E-state index in [1.165, 1.54) is 11.6 Å². The van der Waals surface area contributed by atoms with Crippen molar-refractivity contribution >= 4 is 23.5 Å². The number of thioether (sulfide) groups is 1. The van der Waals surface area contributed by atoms with Gasteiger partial charge in [0.1, 0.15) is 11.6 Å². The van der Waals surface area contributed by atoms with Crippen LogP contribution in [0, 0.1) is 25.5 Å². The number of urea groups is 1. The Morgan fingerprint density at radius 3 is 2.34 bits per heavy atom. The first-order valence-corrected chi connectivity index (χ1v) is 14.1. The van der Waals surface area contributed by atoms with Crippen molar-refractivity contribution in [2.45, 2.75) is 37.2 Å². The van der Waals surface area contributed by atoms with Gasteiger partial charge in [0.15, 0.2) is 11.0 Å². The summed E-state index contributed by atoms with van der Waals surface area (Å²) in [5.41, 5.74) is 5.15. The van der Waals surface area contributed by atoms with E-state index in [2.05, 4.69) is 46.0 Å². The second kappa shape index (κ2) is 12.8. The summed E-state index contributed by atoms with van der Waals surface area (Å²) in [4.78, 5) is 13.1. The minimum absolute atomic E-state index is 0.128. The van der Waals surface area contributed by atoms with Crippen LogP contribution in [0.15, 0.2) is 102 Å². The normalized spacial score (nSPS) is 11.7. The number of hydrogen-bond donors (Lipinski definition) is 2. The van der Waals surface area contributed by atoms with Crippen molar-refractivity contribution in [2.24, 2.45) is 0 Å². The number of hydrogen-bond acceptors (Lipinski definition) is 4. The van der Waals surface area contributed by atoms with Crippen molar-refractivity contribution in [2.75, 3.05) is 5.32 Å². The highest BCUT2D eigenvalue weighted by Gasteiger charge is 2.25. The number of amides is 2. The van der Waals surface area contributed by atoms with Gasteiger partial charge < -0.3 is 10.6 Å². The summed E-state index contributed by atoms with van der Waals surface area (Å²) in [6.45, 7) is 4.08. The van der Waals surface area contributed by atoms with Crippen LogP contribution in [0.2, 0.25) is 0 Å². The third-order valence-electron chi connectivity index (χ3n) is 6.48. The summed E-state index contributed by atoms with van der Waals surface area (Å²) in [5, 5.41) is 15.2. The summed E-state index contributed by atoms with van der Waals surface area (Å²) >= 11 is 1.55. The number of rotatable bonds is 9. The molecule has 2 amide bonds. The molecule has 1 aromatic heterocycles. The van der Waals surface area contributed by atoms with Crippen molar-refractivity contribution in [1.82, 2.24) is 20.1 Å². The maximum atomic E-state index is 14.3. The van der Waals surface area contributed by atoms with Crippen LogP contribution >= 0.6 is 11.8 Å². The fourth-order valence-electron chi connectivity index (χ4n) is 4.45. The molecule has 9 heteroatoms. The van der Waals surface area contributed by atoms with E-state index in [0.29, 0.717) is 23.2 Å². The van der Waals surface area contributed by atoms with Crippen LogP contribution in [0.1, 0.15) is 34.1 Å². The molecule has 6 nitrogen and oxygen atoms in total. The van der Waals surface area contributed by atoms with Gasteiger partial charge in [0.25, 0.3) is 0 Å². The number of carbonyl (C=O) groups is 1. The first kappa shape index (κ1) is 28.0. The highest BCUT2D eigenvalue weighted by molar-refractivity contribution is 7.98. The average Bonchev–Trinajstić information content (AvgIpc) is 3.38. The van der Waals surface area contributed by atoms with E-state index in [0.717, 1.165) is 34.5 Å². The molecule has 0 aliphatic heterocycles. The van der Waals surface area contributed by atoms with Gasteiger partial charge in [0.2, 0.25) is 0 Å². The third kappa shape index (κ3) is 7.18. The van der Waals surface area contributed by atoms with Crippen molar-refractivity contribution in [1.29, 1.82) is 0 Å². The molecule has 0 bridgehead atoms. The summed E-state index contributed by atoms with van der Waals surface area (Å²) in [6.07, 6.45) is 0.409. The Bertz CT molecular complexity index is 1640. The molecule has 1 heterocycles. The predicted molar refractivity (Wildman–Crippen MR) is 158 cm³/mol. The van der Waals surface area contributed by atoms with Gasteiger partial charge in [-0.25, -0.2) is 13.6 Å². The lowest BCUT2D eigenvalue weighted by Crippen LogP contribution is -2.35. The first-order chi connectivity index (χ1) is 19.9. The van der Waals surface area contributed by atoms with Gasteiger partial charge in [-0.1, -0.05) is 89.6 Å². The van der Waals surface area contributed by atoms with E-state index in [4.69, 9.17) is 0 Å². The molecule has 1 unspecified atom stereocenters. The van der Waals surface area contributed by atoms with Crippen LogP contribution in [-0.2, 0) is 12.2 Å². The highest BCUT2D eigenvalue weighted by Crippen LogP contribution is 2.29. The number of halogens is 2. The second-order valence-electron chi connectivity index (χ2n) is 9.75. The van der Waals surface area contributed by atoms with Crippen LogP contribution < -0.4 is 10.6 Å². The molecule has 5 aromatic rings. The van der Waals surface area contributed by atoms with E-state index < -0.39 is 23.7 Å². The number of aromatic nitrogens is 3. The highest BCUT2D eigenvalue weighted by atomic mass is 32.2. The summed E-state index contributed by atoms with van der Waals surface area (Å²) < 4.78 is 29.6. The zero-order valence-corrected chi connectivity index (χ0v) is 23.5. The molecule has 1 atom stereocenters. The molecular formula is C32H29F2N5OS. The largest absolute Gasteiger partial charge is 0.327 e. The Morgan fingerprint density at radius 2 is 1.61 bits per heavy atom. The molecule has 5 rings (SSSR count). The summed E-state index contributed by atoms with van der Waals surface area (Å²) in [5.74, 6) is -0.374. The maximum absolute atomic E-state index is 14.3. The molecule has 2 N–H and O–H groups in total. The van der Waals surface area contributed by atoms with Gasteiger partial charge in [-0.15, -0.1) is 10.2 Å². The molecule has 0 saturated carbocycles. The zero-order chi connectivity index (χ0) is 28.8. The lowest BCUT2D eigenvalue weighted by atomic mass is 10.1. The summed E-state index contributed by atoms with van der Waals surface area (Å²) in [7, 11) is 0.